The Bertz CT molecular complexity index is 602. The van der Waals surface area contributed by atoms with Crippen molar-refractivity contribution in [1.82, 2.24) is 15.0 Å². The third-order valence-corrected chi connectivity index (χ3v) is 4.09. The number of nitrogens with two attached hydrogens (primary N) is 1. The molecule has 0 spiro atoms. The molecule has 1 aromatic carbocycles. The molecule has 20 heavy (non-hydrogen) atoms. The van der Waals surface area contributed by atoms with E-state index < -0.39 is 0 Å². The number of anilines is 2. The number of hydrazine groups is 1. The molecule has 0 aliphatic carbocycles. The summed E-state index contributed by atoms with van der Waals surface area (Å²) in [6, 6.07) is 6.77. The topological polar surface area (TPSA) is 67.1 Å². The van der Waals surface area contributed by atoms with E-state index in [9.17, 15) is 0 Å². The van der Waals surface area contributed by atoms with Crippen LogP contribution in [0.2, 0.25) is 0 Å². The van der Waals surface area contributed by atoms with E-state index in [4.69, 9.17) is 5.73 Å². The Kier molecular flexibility index (Phi) is 3.44. The molecule has 1 aromatic heterocycles. The van der Waals surface area contributed by atoms with E-state index in [1.165, 1.54) is 19.3 Å². The van der Waals surface area contributed by atoms with E-state index in [1.807, 2.05) is 18.2 Å². The minimum atomic E-state index is 0.512. The standard InChI is InChI=1S/C15H21N5/c1-10-4-3-5-11(2)20(10)19-15-13-7-6-12(16)8-14(13)17-9-18-15/h6-11H,3-5,16H2,1-2H3,(H,17,18,19). The molecule has 106 valence electrons. The van der Waals surface area contributed by atoms with Crippen LogP contribution < -0.4 is 11.2 Å². The van der Waals surface area contributed by atoms with Crippen LogP contribution in [0.25, 0.3) is 10.9 Å². The van der Waals surface area contributed by atoms with E-state index in [-0.39, 0.29) is 0 Å². The first kappa shape index (κ1) is 13.1. The lowest BCUT2D eigenvalue weighted by molar-refractivity contribution is 0.135. The van der Waals surface area contributed by atoms with Crippen molar-refractivity contribution < 1.29 is 0 Å². The summed E-state index contributed by atoms with van der Waals surface area (Å²) in [5.41, 5.74) is 10.9. The Labute approximate surface area is 119 Å². The molecule has 5 heteroatoms. The number of nitrogen functional groups attached to an aromatic ring is 1. The number of rotatable bonds is 2. The summed E-state index contributed by atoms with van der Waals surface area (Å²) in [6.45, 7) is 4.51. The van der Waals surface area contributed by atoms with Gasteiger partial charge in [0.25, 0.3) is 0 Å². The maximum absolute atomic E-state index is 5.81. The van der Waals surface area contributed by atoms with Crippen LogP contribution in [-0.4, -0.2) is 27.1 Å². The highest BCUT2D eigenvalue weighted by molar-refractivity contribution is 5.90. The molecule has 5 nitrogen and oxygen atoms in total. The first-order valence-electron chi connectivity index (χ1n) is 7.20. The van der Waals surface area contributed by atoms with Crippen molar-refractivity contribution in [1.29, 1.82) is 0 Å². The molecule has 1 fully saturated rings. The van der Waals surface area contributed by atoms with Crippen molar-refractivity contribution in [3.63, 3.8) is 0 Å². The minimum absolute atomic E-state index is 0.512. The van der Waals surface area contributed by atoms with Crippen molar-refractivity contribution in [3.8, 4) is 0 Å². The van der Waals surface area contributed by atoms with Gasteiger partial charge in [-0.15, -0.1) is 0 Å². The number of piperidine rings is 1. The second kappa shape index (κ2) is 5.25. The zero-order valence-electron chi connectivity index (χ0n) is 12.0. The van der Waals surface area contributed by atoms with Gasteiger partial charge in [0.15, 0.2) is 5.82 Å². The average molecular weight is 271 g/mol. The molecule has 0 saturated carbocycles. The number of nitrogens with one attached hydrogen (secondary N) is 1. The monoisotopic (exact) mass is 271 g/mol. The molecule has 1 saturated heterocycles. The summed E-state index contributed by atoms with van der Waals surface area (Å²) in [4.78, 5) is 8.68. The molecule has 1 aliphatic heterocycles. The van der Waals surface area contributed by atoms with Crippen LogP contribution in [0.1, 0.15) is 33.1 Å². The highest BCUT2D eigenvalue weighted by Gasteiger charge is 2.25. The summed E-state index contributed by atoms with van der Waals surface area (Å²) in [5.74, 6) is 0.857. The van der Waals surface area contributed by atoms with Gasteiger partial charge in [0.2, 0.25) is 0 Å². The van der Waals surface area contributed by atoms with Crippen molar-refractivity contribution in [2.75, 3.05) is 11.2 Å². The maximum atomic E-state index is 5.81. The largest absolute Gasteiger partial charge is 0.399 e. The third-order valence-electron chi connectivity index (χ3n) is 4.09. The van der Waals surface area contributed by atoms with Gasteiger partial charge < -0.3 is 11.2 Å². The summed E-state index contributed by atoms with van der Waals surface area (Å²) in [5, 5.41) is 3.31. The van der Waals surface area contributed by atoms with Gasteiger partial charge in [-0.25, -0.2) is 15.0 Å². The Hall–Kier alpha value is -1.88. The van der Waals surface area contributed by atoms with Crippen LogP contribution in [0.3, 0.4) is 0 Å². The second-order valence-corrected chi connectivity index (χ2v) is 5.65. The number of hydrogen-bond donors (Lipinski definition) is 2. The zero-order valence-corrected chi connectivity index (χ0v) is 12.0. The minimum Gasteiger partial charge on any atom is -0.399 e. The summed E-state index contributed by atoms with van der Waals surface area (Å²) >= 11 is 0. The molecule has 1 aliphatic rings. The second-order valence-electron chi connectivity index (χ2n) is 5.65. The Morgan fingerprint density at radius 1 is 1.20 bits per heavy atom. The van der Waals surface area contributed by atoms with E-state index in [1.54, 1.807) is 6.33 Å². The maximum Gasteiger partial charge on any atom is 0.151 e. The van der Waals surface area contributed by atoms with Gasteiger partial charge in [0.1, 0.15) is 6.33 Å². The fourth-order valence-corrected chi connectivity index (χ4v) is 2.93. The van der Waals surface area contributed by atoms with Crippen molar-refractivity contribution in [2.45, 2.75) is 45.2 Å². The van der Waals surface area contributed by atoms with Crippen LogP contribution in [0.15, 0.2) is 24.5 Å². The Morgan fingerprint density at radius 3 is 2.70 bits per heavy atom. The van der Waals surface area contributed by atoms with Gasteiger partial charge >= 0.3 is 0 Å². The SMILES string of the molecule is CC1CCCC(C)N1Nc1ncnc2cc(N)ccc12. The first-order chi connectivity index (χ1) is 9.65. The van der Waals surface area contributed by atoms with Gasteiger partial charge in [0.05, 0.1) is 5.52 Å². The predicted molar refractivity (Wildman–Crippen MR) is 82.2 cm³/mol. The van der Waals surface area contributed by atoms with Crippen molar-refractivity contribution in [3.05, 3.63) is 24.5 Å². The number of fused-ring (bicyclic) bond motifs is 1. The normalized spacial score (nSPS) is 23.9. The lowest BCUT2D eigenvalue weighted by atomic mass is 10.00. The van der Waals surface area contributed by atoms with Crippen LogP contribution >= 0.6 is 0 Å². The van der Waals surface area contributed by atoms with Crippen LogP contribution in [0, 0.1) is 0 Å². The molecular weight excluding hydrogens is 250 g/mol. The number of benzene rings is 1. The third kappa shape index (κ3) is 2.41. The van der Waals surface area contributed by atoms with E-state index in [0.29, 0.717) is 12.1 Å². The fourth-order valence-electron chi connectivity index (χ4n) is 2.93. The van der Waals surface area contributed by atoms with Crippen LogP contribution in [0.5, 0.6) is 0 Å². The smallest absolute Gasteiger partial charge is 0.151 e. The molecule has 2 atom stereocenters. The average Bonchev–Trinajstić information content (AvgIpc) is 2.42. The van der Waals surface area contributed by atoms with Crippen molar-refractivity contribution >= 4 is 22.4 Å². The lowest BCUT2D eigenvalue weighted by Gasteiger charge is -2.39. The Morgan fingerprint density at radius 2 is 1.95 bits per heavy atom. The van der Waals surface area contributed by atoms with Gasteiger partial charge in [0, 0.05) is 23.2 Å². The molecule has 2 aromatic rings. The van der Waals surface area contributed by atoms with E-state index >= 15 is 0 Å². The first-order valence-corrected chi connectivity index (χ1v) is 7.20. The molecule has 3 rings (SSSR count). The molecule has 0 bridgehead atoms. The van der Waals surface area contributed by atoms with E-state index in [2.05, 4.69) is 34.3 Å². The number of hydrogen-bond acceptors (Lipinski definition) is 5. The summed E-state index contributed by atoms with van der Waals surface area (Å²) in [7, 11) is 0. The van der Waals surface area contributed by atoms with E-state index in [0.717, 1.165) is 22.4 Å². The fraction of sp³-hybridized carbons (Fsp3) is 0.467. The van der Waals surface area contributed by atoms with Gasteiger partial charge in [-0.3, -0.25) is 0 Å². The quantitative estimate of drug-likeness (QED) is 0.822. The zero-order chi connectivity index (χ0) is 14.1. The van der Waals surface area contributed by atoms with Crippen molar-refractivity contribution in [2.24, 2.45) is 0 Å². The molecule has 2 unspecified atom stereocenters. The van der Waals surface area contributed by atoms with Gasteiger partial charge in [-0.2, -0.15) is 0 Å². The van der Waals surface area contributed by atoms with Gasteiger partial charge in [-0.05, 0) is 44.9 Å². The summed E-state index contributed by atoms with van der Waals surface area (Å²) in [6.07, 6.45) is 5.31. The highest BCUT2D eigenvalue weighted by atomic mass is 15.5. The molecule has 0 amide bonds. The van der Waals surface area contributed by atoms with Crippen LogP contribution in [0.4, 0.5) is 11.5 Å². The lowest BCUT2D eigenvalue weighted by Crippen LogP contribution is -2.47. The predicted octanol–water partition coefficient (Wildman–Crippen LogP) is 2.80. The molecule has 3 N–H and O–H groups in total. The molecule has 0 radical (unpaired) electrons. The highest BCUT2D eigenvalue weighted by Crippen LogP contribution is 2.26. The number of nitrogens with zero attached hydrogens (tertiary/aromatic N) is 3. The van der Waals surface area contributed by atoms with Crippen LogP contribution in [-0.2, 0) is 0 Å². The summed E-state index contributed by atoms with van der Waals surface area (Å²) < 4.78 is 0. The molecule has 2 heterocycles. The number of aromatic nitrogens is 2. The van der Waals surface area contributed by atoms with Gasteiger partial charge in [-0.1, -0.05) is 6.42 Å². The Balaban J connectivity index is 1.94. The molecular formula is C15H21N5.